The van der Waals surface area contributed by atoms with Gasteiger partial charge in [0.1, 0.15) is 0 Å². The van der Waals surface area contributed by atoms with Gasteiger partial charge in [-0.1, -0.05) is 0 Å². The Morgan fingerprint density at radius 2 is 2.12 bits per heavy atom. The van der Waals surface area contributed by atoms with Crippen LogP contribution in [0.5, 0.6) is 0 Å². The first-order chi connectivity index (χ1) is 8.22. The molecule has 0 atom stereocenters. The maximum Gasteiger partial charge on any atom is 0.253 e. The smallest absolute Gasteiger partial charge is 0.253 e. The summed E-state index contributed by atoms with van der Waals surface area (Å²) in [6, 6.07) is 5.96. The average Bonchev–Trinajstić information content (AvgIpc) is 2.38. The highest BCUT2D eigenvalue weighted by Gasteiger charge is 2.18. The summed E-state index contributed by atoms with van der Waals surface area (Å²) >= 11 is 2.22. The Hall–Kier alpha value is -0.820. The zero-order chi connectivity index (χ0) is 12.3. The normalized spacial score (nSPS) is 15.8. The first kappa shape index (κ1) is 12.6. The van der Waals surface area contributed by atoms with Crippen LogP contribution < -0.4 is 10.2 Å². The quantitative estimate of drug-likeness (QED) is 0.825. The second-order valence-electron chi connectivity index (χ2n) is 3.84. The van der Waals surface area contributed by atoms with E-state index < -0.39 is 0 Å². The number of hydrogen-bond donors (Lipinski definition) is 1. The van der Waals surface area contributed by atoms with Crippen molar-refractivity contribution in [3.8, 4) is 0 Å². The number of carbonyl (C=O) groups is 1. The number of anilines is 1. The SMILES string of the molecule is CNC(=O)c1cc(I)ccc1N1CCOCC1. The van der Waals surface area contributed by atoms with Crippen molar-refractivity contribution in [1.82, 2.24) is 5.32 Å². The van der Waals surface area contributed by atoms with E-state index in [4.69, 9.17) is 4.74 Å². The highest BCUT2D eigenvalue weighted by molar-refractivity contribution is 14.1. The Balaban J connectivity index is 2.34. The van der Waals surface area contributed by atoms with Crippen LogP contribution in [0.25, 0.3) is 0 Å². The lowest BCUT2D eigenvalue weighted by atomic mass is 10.1. The molecule has 2 rings (SSSR count). The number of halogens is 1. The molecule has 92 valence electrons. The summed E-state index contributed by atoms with van der Waals surface area (Å²) in [6.07, 6.45) is 0. The third-order valence-corrected chi connectivity index (χ3v) is 3.45. The lowest BCUT2D eigenvalue weighted by molar-refractivity contribution is 0.0961. The standard InChI is InChI=1S/C12H15IN2O2/c1-14-12(16)10-8-9(13)2-3-11(10)15-4-6-17-7-5-15/h2-3,8H,4-7H2,1H3,(H,14,16). The molecule has 1 N–H and O–H groups in total. The minimum atomic E-state index is -0.0370. The van der Waals surface area contributed by atoms with Gasteiger partial charge in [-0.2, -0.15) is 0 Å². The van der Waals surface area contributed by atoms with Crippen LogP contribution in [-0.2, 0) is 4.74 Å². The molecule has 1 fully saturated rings. The van der Waals surface area contributed by atoms with Gasteiger partial charge in [-0.15, -0.1) is 0 Å². The topological polar surface area (TPSA) is 41.6 Å². The van der Waals surface area contributed by atoms with Gasteiger partial charge in [-0.05, 0) is 40.8 Å². The molecule has 0 saturated carbocycles. The van der Waals surface area contributed by atoms with Gasteiger partial charge in [-0.3, -0.25) is 4.79 Å². The lowest BCUT2D eigenvalue weighted by Crippen LogP contribution is -2.37. The van der Waals surface area contributed by atoms with Crippen LogP contribution in [0.1, 0.15) is 10.4 Å². The predicted molar refractivity (Wildman–Crippen MR) is 75.6 cm³/mol. The molecule has 4 nitrogen and oxygen atoms in total. The van der Waals surface area contributed by atoms with Gasteiger partial charge in [0.25, 0.3) is 5.91 Å². The molecule has 0 unspecified atom stereocenters. The summed E-state index contributed by atoms with van der Waals surface area (Å²) < 4.78 is 6.40. The maximum absolute atomic E-state index is 11.9. The summed E-state index contributed by atoms with van der Waals surface area (Å²) in [5, 5.41) is 2.69. The van der Waals surface area contributed by atoms with Gasteiger partial charge >= 0.3 is 0 Å². The van der Waals surface area contributed by atoms with E-state index in [2.05, 4.69) is 32.8 Å². The lowest BCUT2D eigenvalue weighted by Gasteiger charge is -2.30. The molecule has 1 saturated heterocycles. The zero-order valence-electron chi connectivity index (χ0n) is 9.70. The number of nitrogens with one attached hydrogen (secondary N) is 1. The molecule has 1 amide bonds. The van der Waals surface area contributed by atoms with E-state index in [0.29, 0.717) is 0 Å². The average molecular weight is 346 g/mol. The first-order valence-corrected chi connectivity index (χ1v) is 6.64. The van der Waals surface area contributed by atoms with Gasteiger partial charge in [-0.25, -0.2) is 0 Å². The van der Waals surface area contributed by atoms with Crippen molar-refractivity contribution in [2.24, 2.45) is 0 Å². The molecule has 1 aliphatic rings. The number of carbonyl (C=O) groups excluding carboxylic acids is 1. The fourth-order valence-electron chi connectivity index (χ4n) is 1.90. The van der Waals surface area contributed by atoms with Gasteiger partial charge in [0, 0.05) is 29.4 Å². The summed E-state index contributed by atoms with van der Waals surface area (Å²) in [4.78, 5) is 14.1. The predicted octanol–water partition coefficient (Wildman–Crippen LogP) is 1.49. The molecule has 5 heteroatoms. The summed E-state index contributed by atoms with van der Waals surface area (Å²) in [6.45, 7) is 3.12. The van der Waals surface area contributed by atoms with Crippen molar-refractivity contribution >= 4 is 34.2 Å². The van der Waals surface area contributed by atoms with Gasteiger partial charge in [0.15, 0.2) is 0 Å². The Bertz CT molecular complexity index is 417. The van der Waals surface area contributed by atoms with E-state index >= 15 is 0 Å². The maximum atomic E-state index is 11.9. The Kier molecular flexibility index (Phi) is 4.22. The van der Waals surface area contributed by atoms with Crippen LogP contribution in [0.2, 0.25) is 0 Å². The van der Waals surface area contributed by atoms with Crippen molar-refractivity contribution in [1.29, 1.82) is 0 Å². The zero-order valence-corrected chi connectivity index (χ0v) is 11.9. The van der Waals surface area contributed by atoms with Crippen LogP contribution in [0.4, 0.5) is 5.69 Å². The van der Waals surface area contributed by atoms with Gasteiger partial charge < -0.3 is 15.0 Å². The molecule has 0 aliphatic carbocycles. The monoisotopic (exact) mass is 346 g/mol. The van der Waals surface area contributed by atoms with Gasteiger partial charge in [0.05, 0.1) is 18.8 Å². The highest BCUT2D eigenvalue weighted by atomic mass is 127. The molecule has 1 heterocycles. The molecule has 0 spiro atoms. The summed E-state index contributed by atoms with van der Waals surface area (Å²) in [5.41, 5.74) is 1.73. The number of ether oxygens (including phenoxy) is 1. The third-order valence-electron chi connectivity index (χ3n) is 2.78. The Morgan fingerprint density at radius 3 is 2.76 bits per heavy atom. The van der Waals surface area contributed by atoms with Crippen molar-refractivity contribution in [3.63, 3.8) is 0 Å². The van der Waals surface area contributed by atoms with Crippen LogP contribution in [0.3, 0.4) is 0 Å². The molecule has 1 aromatic rings. The minimum absolute atomic E-state index is 0.0370. The van der Waals surface area contributed by atoms with Crippen LogP contribution >= 0.6 is 22.6 Å². The molecule has 0 radical (unpaired) electrons. The molecule has 1 aromatic carbocycles. The Labute approximate surface area is 114 Å². The molecule has 0 bridgehead atoms. The van der Waals surface area contributed by atoms with Crippen molar-refractivity contribution in [2.45, 2.75) is 0 Å². The fourth-order valence-corrected chi connectivity index (χ4v) is 2.40. The first-order valence-electron chi connectivity index (χ1n) is 5.56. The third kappa shape index (κ3) is 2.90. The number of rotatable bonds is 2. The van der Waals surface area contributed by atoms with Crippen LogP contribution in [0.15, 0.2) is 18.2 Å². The largest absolute Gasteiger partial charge is 0.378 e. The molecule has 0 aromatic heterocycles. The summed E-state index contributed by atoms with van der Waals surface area (Å²) in [7, 11) is 1.66. The number of nitrogens with zero attached hydrogens (tertiary/aromatic N) is 1. The van der Waals surface area contributed by atoms with E-state index in [9.17, 15) is 4.79 Å². The highest BCUT2D eigenvalue weighted by Crippen LogP contribution is 2.23. The molecular formula is C12H15IN2O2. The fraction of sp³-hybridized carbons (Fsp3) is 0.417. The summed E-state index contributed by atoms with van der Waals surface area (Å²) in [5.74, 6) is -0.0370. The molecular weight excluding hydrogens is 331 g/mol. The Morgan fingerprint density at radius 1 is 1.41 bits per heavy atom. The van der Waals surface area contributed by atoms with E-state index in [1.54, 1.807) is 7.05 Å². The second-order valence-corrected chi connectivity index (χ2v) is 5.09. The minimum Gasteiger partial charge on any atom is -0.378 e. The number of morpholine rings is 1. The molecule has 17 heavy (non-hydrogen) atoms. The number of amides is 1. The van der Waals surface area contributed by atoms with Crippen molar-refractivity contribution in [2.75, 3.05) is 38.3 Å². The molecule has 1 aliphatic heterocycles. The number of benzene rings is 1. The van der Waals surface area contributed by atoms with Gasteiger partial charge in [0.2, 0.25) is 0 Å². The van der Waals surface area contributed by atoms with E-state index in [-0.39, 0.29) is 5.91 Å². The van der Waals surface area contributed by atoms with E-state index in [1.807, 2.05) is 18.2 Å². The number of hydrogen-bond acceptors (Lipinski definition) is 3. The van der Waals surface area contributed by atoms with Crippen LogP contribution in [-0.4, -0.2) is 39.3 Å². The van der Waals surface area contributed by atoms with Crippen LogP contribution in [0, 0.1) is 3.57 Å². The van der Waals surface area contributed by atoms with E-state index in [0.717, 1.165) is 41.1 Å². The van der Waals surface area contributed by atoms with E-state index in [1.165, 1.54) is 0 Å². The van der Waals surface area contributed by atoms with Crippen molar-refractivity contribution < 1.29 is 9.53 Å². The van der Waals surface area contributed by atoms with Crippen molar-refractivity contribution in [3.05, 3.63) is 27.3 Å². The second kappa shape index (κ2) is 5.68.